The smallest absolute Gasteiger partial charge is 0.123 e. The van der Waals surface area contributed by atoms with Crippen LogP contribution in [0, 0.1) is 12.7 Å². The molecule has 1 aliphatic carbocycles. The number of benzene rings is 2. The van der Waals surface area contributed by atoms with Gasteiger partial charge in [0.05, 0.1) is 6.10 Å². The van der Waals surface area contributed by atoms with Gasteiger partial charge >= 0.3 is 0 Å². The van der Waals surface area contributed by atoms with Crippen molar-refractivity contribution in [3.8, 4) is 11.1 Å². The van der Waals surface area contributed by atoms with Crippen LogP contribution in [0.5, 0.6) is 0 Å². The van der Waals surface area contributed by atoms with Crippen LogP contribution in [0.25, 0.3) is 11.1 Å². The minimum Gasteiger partial charge on any atom is -0.388 e. The zero-order valence-corrected chi connectivity index (χ0v) is 10.3. The summed E-state index contributed by atoms with van der Waals surface area (Å²) < 4.78 is 13.4. The number of hydrogen-bond acceptors (Lipinski definition) is 1. The highest BCUT2D eigenvalue weighted by molar-refractivity contribution is 5.72. The first-order valence-electron chi connectivity index (χ1n) is 6.23. The predicted octanol–water partition coefficient (Wildman–Crippen LogP) is 3.78. The van der Waals surface area contributed by atoms with E-state index in [0.29, 0.717) is 0 Å². The van der Waals surface area contributed by atoms with Crippen LogP contribution in [0.15, 0.2) is 36.4 Å². The van der Waals surface area contributed by atoms with Gasteiger partial charge < -0.3 is 5.11 Å². The molecule has 1 aliphatic rings. The lowest BCUT2D eigenvalue weighted by molar-refractivity contribution is 0.180. The van der Waals surface area contributed by atoms with Gasteiger partial charge in [-0.05, 0) is 59.7 Å². The van der Waals surface area contributed by atoms with Crippen LogP contribution in [0.2, 0.25) is 0 Å². The lowest BCUT2D eigenvalue weighted by Crippen LogP contribution is -1.93. The molecule has 0 amide bonds. The number of hydrogen-bond donors (Lipinski definition) is 1. The molecule has 0 spiro atoms. The van der Waals surface area contributed by atoms with Gasteiger partial charge in [-0.1, -0.05) is 24.3 Å². The van der Waals surface area contributed by atoms with Crippen LogP contribution in [0.1, 0.15) is 29.2 Å². The summed E-state index contributed by atoms with van der Waals surface area (Å²) in [5.74, 6) is -0.216. The van der Waals surface area contributed by atoms with E-state index in [9.17, 15) is 9.50 Å². The molecule has 2 heteroatoms. The molecule has 1 N–H and O–H groups in total. The van der Waals surface area contributed by atoms with Gasteiger partial charge in [0, 0.05) is 0 Å². The fraction of sp³-hybridized carbons (Fsp3) is 0.250. The molecule has 0 bridgehead atoms. The van der Waals surface area contributed by atoms with Crippen LogP contribution in [0.4, 0.5) is 4.39 Å². The van der Waals surface area contributed by atoms with Gasteiger partial charge in [0.15, 0.2) is 0 Å². The summed E-state index contributed by atoms with van der Waals surface area (Å²) in [6, 6.07) is 10.8. The van der Waals surface area contributed by atoms with E-state index in [2.05, 4.69) is 0 Å². The van der Waals surface area contributed by atoms with Crippen LogP contribution in [0.3, 0.4) is 0 Å². The maximum absolute atomic E-state index is 13.4. The molecular weight excluding hydrogens is 227 g/mol. The number of fused-ring (bicyclic) bond motifs is 1. The topological polar surface area (TPSA) is 20.2 Å². The van der Waals surface area contributed by atoms with Gasteiger partial charge in [-0.2, -0.15) is 0 Å². The van der Waals surface area contributed by atoms with Crippen molar-refractivity contribution in [1.82, 2.24) is 0 Å². The van der Waals surface area contributed by atoms with Gasteiger partial charge in [-0.25, -0.2) is 4.39 Å². The van der Waals surface area contributed by atoms with Gasteiger partial charge in [0.25, 0.3) is 0 Å². The molecule has 0 saturated carbocycles. The minimum absolute atomic E-state index is 0.216. The molecule has 0 saturated heterocycles. The summed E-state index contributed by atoms with van der Waals surface area (Å²) in [4.78, 5) is 0. The Morgan fingerprint density at radius 1 is 1.17 bits per heavy atom. The number of aliphatic hydroxyl groups excluding tert-OH is 1. The van der Waals surface area contributed by atoms with Crippen molar-refractivity contribution in [1.29, 1.82) is 0 Å². The molecular formula is C16H15FO. The van der Waals surface area contributed by atoms with Gasteiger partial charge in [0.2, 0.25) is 0 Å². The Labute approximate surface area is 106 Å². The quantitative estimate of drug-likeness (QED) is 0.806. The number of halogens is 1. The average Bonchev–Trinajstić information content (AvgIpc) is 2.75. The van der Waals surface area contributed by atoms with Crippen LogP contribution >= 0.6 is 0 Å². The van der Waals surface area contributed by atoms with E-state index in [-0.39, 0.29) is 11.9 Å². The zero-order chi connectivity index (χ0) is 12.7. The largest absolute Gasteiger partial charge is 0.388 e. The molecule has 2 aromatic rings. The molecule has 0 fully saturated rings. The summed E-state index contributed by atoms with van der Waals surface area (Å²) in [6.07, 6.45) is 1.26. The third-order valence-electron chi connectivity index (χ3n) is 3.73. The molecule has 1 nitrogen and oxygen atoms in total. The summed E-state index contributed by atoms with van der Waals surface area (Å²) in [7, 11) is 0. The lowest BCUT2D eigenvalue weighted by atomic mass is 9.94. The minimum atomic E-state index is -0.367. The molecule has 1 atom stereocenters. The Morgan fingerprint density at radius 2 is 2.00 bits per heavy atom. The normalized spacial score (nSPS) is 17.8. The van der Waals surface area contributed by atoms with E-state index < -0.39 is 0 Å². The van der Waals surface area contributed by atoms with Crippen molar-refractivity contribution in [2.24, 2.45) is 0 Å². The van der Waals surface area contributed by atoms with E-state index in [1.165, 1.54) is 11.6 Å². The van der Waals surface area contributed by atoms with Crippen molar-refractivity contribution < 1.29 is 9.50 Å². The molecule has 92 valence electrons. The molecule has 0 aliphatic heterocycles. The Hall–Kier alpha value is -1.67. The monoisotopic (exact) mass is 242 g/mol. The van der Waals surface area contributed by atoms with Crippen molar-refractivity contribution >= 4 is 0 Å². The van der Waals surface area contributed by atoms with Crippen molar-refractivity contribution in [3.05, 3.63) is 58.9 Å². The van der Waals surface area contributed by atoms with Gasteiger partial charge in [-0.15, -0.1) is 0 Å². The van der Waals surface area contributed by atoms with E-state index in [0.717, 1.165) is 35.1 Å². The second-order valence-corrected chi connectivity index (χ2v) is 4.89. The Bertz CT molecular complexity index is 604. The average molecular weight is 242 g/mol. The Morgan fingerprint density at radius 3 is 2.83 bits per heavy atom. The second-order valence-electron chi connectivity index (χ2n) is 4.89. The van der Waals surface area contributed by atoms with Crippen molar-refractivity contribution in [2.45, 2.75) is 25.9 Å². The molecule has 2 aromatic carbocycles. The van der Waals surface area contributed by atoms with E-state index in [4.69, 9.17) is 0 Å². The second kappa shape index (κ2) is 4.21. The molecule has 0 unspecified atom stereocenters. The van der Waals surface area contributed by atoms with Crippen LogP contribution in [-0.2, 0) is 6.42 Å². The predicted molar refractivity (Wildman–Crippen MR) is 69.9 cm³/mol. The maximum atomic E-state index is 13.4. The van der Waals surface area contributed by atoms with Crippen LogP contribution < -0.4 is 0 Å². The molecule has 18 heavy (non-hydrogen) atoms. The molecule has 0 radical (unpaired) electrons. The molecule has 3 rings (SSSR count). The fourth-order valence-corrected chi connectivity index (χ4v) is 2.77. The third kappa shape index (κ3) is 1.73. The van der Waals surface area contributed by atoms with Crippen molar-refractivity contribution in [2.75, 3.05) is 0 Å². The van der Waals surface area contributed by atoms with E-state index >= 15 is 0 Å². The third-order valence-corrected chi connectivity index (χ3v) is 3.73. The summed E-state index contributed by atoms with van der Waals surface area (Å²) in [6.45, 7) is 1.99. The maximum Gasteiger partial charge on any atom is 0.123 e. The SMILES string of the molecule is Cc1ccc(F)cc1-c1cccc2c1CC[C@H]2O. The highest BCUT2D eigenvalue weighted by Crippen LogP contribution is 2.38. The Kier molecular flexibility index (Phi) is 2.67. The summed E-state index contributed by atoms with van der Waals surface area (Å²) in [5, 5.41) is 9.90. The Balaban J connectivity index is 2.21. The summed E-state index contributed by atoms with van der Waals surface area (Å²) in [5.41, 5.74) is 5.21. The number of aliphatic hydroxyl groups is 1. The van der Waals surface area contributed by atoms with Gasteiger partial charge in [0.1, 0.15) is 5.82 Å². The number of aryl methyl sites for hydroxylation is 1. The van der Waals surface area contributed by atoms with Gasteiger partial charge in [-0.3, -0.25) is 0 Å². The van der Waals surface area contributed by atoms with E-state index in [1.807, 2.05) is 25.1 Å². The molecule has 0 heterocycles. The van der Waals surface area contributed by atoms with Crippen molar-refractivity contribution in [3.63, 3.8) is 0 Å². The fourth-order valence-electron chi connectivity index (χ4n) is 2.77. The summed E-state index contributed by atoms with van der Waals surface area (Å²) >= 11 is 0. The number of rotatable bonds is 1. The first kappa shape index (κ1) is 11.4. The highest BCUT2D eigenvalue weighted by atomic mass is 19.1. The van der Waals surface area contributed by atoms with E-state index in [1.54, 1.807) is 12.1 Å². The van der Waals surface area contributed by atoms with Crippen LogP contribution in [-0.4, -0.2) is 5.11 Å². The molecule has 0 aromatic heterocycles. The zero-order valence-electron chi connectivity index (χ0n) is 10.3. The standard InChI is InChI=1S/C16H15FO/c1-10-5-6-11(17)9-15(10)12-3-2-4-14-13(12)7-8-16(14)18/h2-6,9,16,18H,7-8H2,1H3/t16-/m1/s1. The lowest BCUT2D eigenvalue weighted by Gasteiger charge is -2.12. The first-order valence-corrected chi connectivity index (χ1v) is 6.23. The highest BCUT2D eigenvalue weighted by Gasteiger charge is 2.23. The first-order chi connectivity index (χ1) is 8.66.